The average Bonchev–Trinajstić information content (AvgIpc) is 3.58. The van der Waals surface area contributed by atoms with Gasteiger partial charge in [-0.1, -0.05) is 33.8 Å². The van der Waals surface area contributed by atoms with Gasteiger partial charge in [0.05, 0.1) is 12.7 Å². The van der Waals surface area contributed by atoms with Gasteiger partial charge < -0.3 is 16.2 Å². The van der Waals surface area contributed by atoms with E-state index in [0.29, 0.717) is 17.9 Å². The smallest absolute Gasteiger partial charge is 0.0850 e. The Morgan fingerprint density at radius 3 is 1.56 bits per heavy atom. The molecule has 0 saturated carbocycles. The zero-order valence-electron chi connectivity index (χ0n) is 22.1. The minimum atomic E-state index is 0.340. The van der Waals surface area contributed by atoms with Gasteiger partial charge in [-0.2, -0.15) is 0 Å². The van der Waals surface area contributed by atoms with Crippen molar-refractivity contribution in [3.05, 3.63) is 69.3 Å². The third-order valence-electron chi connectivity index (χ3n) is 7.30. The number of epoxide rings is 1. The molecule has 1 atom stereocenters. The summed E-state index contributed by atoms with van der Waals surface area (Å²) in [6.07, 6.45) is 1.31. The second kappa shape index (κ2) is 9.11. The Morgan fingerprint density at radius 2 is 1.18 bits per heavy atom. The molecule has 1 fully saturated rings. The first-order chi connectivity index (χ1) is 16.0. The summed E-state index contributed by atoms with van der Waals surface area (Å²) < 4.78 is 5.68. The Bertz CT molecular complexity index is 1200. The molecule has 1 aliphatic rings. The molecule has 0 spiro atoms. The van der Waals surface area contributed by atoms with Crippen molar-refractivity contribution in [1.82, 2.24) is 0 Å². The quantitative estimate of drug-likeness (QED) is 0.296. The van der Waals surface area contributed by atoms with Crippen molar-refractivity contribution in [3.8, 4) is 22.3 Å². The zero-order chi connectivity index (χ0) is 24.9. The van der Waals surface area contributed by atoms with Crippen LogP contribution in [0.2, 0.25) is 0 Å². The highest BCUT2D eigenvalue weighted by Gasteiger charge is 2.29. The summed E-state index contributed by atoms with van der Waals surface area (Å²) >= 11 is 0. The van der Waals surface area contributed by atoms with E-state index in [0.717, 1.165) is 46.7 Å². The van der Waals surface area contributed by atoms with E-state index in [2.05, 4.69) is 85.7 Å². The first kappa shape index (κ1) is 24.3. The van der Waals surface area contributed by atoms with E-state index in [4.69, 9.17) is 16.2 Å². The molecule has 3 heteroatoms. The molecule has 4 N–H and O–H groups in total. The predicted molar refractivity (Wildman–Crippen MR) is 147 cm³/mol. The van der Waals surface area contributed by atoms with E-state index in [9.17, 15) is 0 Å². The molecule has 0 radical (unpaired) electrons. The lowest BCUT2D eigenvalue weighted by Crippen LogP contribution is -2.09. The summed E-state index contributed by atoms with van der Waals surface area (Å²) in [5.41, 5.74) is 28.4. The molecule has 3 nitrogen and oxygen atoms in total. The second-order valence-corrected chi connectivity index (χ2v) is 10.8. The van der Waals surface area contributed by atoms with Crippen molar-refractivity contribution in [1.29, 1.82) is 0 Å². The highest BCUT2D eigenvalue weighted by molar-refractivity contribution is 5.91. The zero-order valence-corrected chi connectivity index (χ0v) is 22.1. The molecule has 1 unspecified atom stereocenters. The van der Waals surface area contributed by atoms with Gasteiger partial charge in [0.1, 0.15) is 0 Å². The van der Waals surface area contributed by atoms with Crippen LogP contribution in [0.3, 0.4) is 0 Å². The molecule has 1 aliphatic heterocycles. The third-order valence-corrected chi connectivity index (χ3v) is 7.30. The van der Waals surface area contributed by atoms with E-state index in [1.54, 1.807) is 0 Å². The maximum Gasteiger partial charge on any atom is 0.0850 e. The van der Waals surface area contributed by atoms with Crippen molar-refractivity contribution in [2.45, 2.75) is 79.8 Å². The number of nitrogens with two attached hydrogens (primary N) is 2. The molecule has 0 aliphatic carbocycles. The summed E-state index contributed by atoms with van der Waals surface area (Å²) in [6.45, 7) is 18.5. The van der Waals surface area contributed by atoms with Crippen LogP contribution in [0.25, 0.3) is 22.3 Å². The molecular weight excluding hydrogens is 416 g/mol. The molecule has 0 aromatic heterocycles. The summed E-state index contributed by atoms with van der Waals surface area (Å²) in [5.74, 6) is 0.751. The van der Waals surface area contributed by atoms with Crippen LogP contribution in [-0.2, 0) is 11.2 Å². The molecule has 1 heterocycles. The van der Waals surface area contributed by atoms with Gasteiger partial charge in [0.25, 0.3) is 0 Å². The molecule has 180 valence electrons. The lowest BCUT2D eigenvalue weighted by molar-refractivity contribution is 0.407. The van der Waals surface area contributed by atoms with Crippen LogP contribution in [0.5, 0.6) is 0 Å². The summed E-state index contributed by atoms with van der Waals surface area (Å²) in [7, 11) is 0. The average molecular weight is 457 g/mol. The Morgan fingerprint density at radius 1 is 0.735 bits per heavy atom. The predicted octanol–water partition coefficient (Wildman–Crippen LogP) is 7.61. The van der Waals surface area contributed by atoms with Gasteiger partial charge in [-0.3, -0.25) is 0 Å². The van der Waals surface area contributed by atoms with Crippen molar-refractivity contribution < 1.29 is 4.74 Å². The van der Waals surface area contributed by atoms with Gasteiger partial charge >= 0.3 is 0 Å². The van der Waals surface area contributed by atoms with Crippen LogP contribution in [0, 0.1) is 27.7 Å². The van der Waals surface area contributed by atoms with E-state index >= 15 is 0 Å². The summed E-state index contributed by atoms with van der Waals surface area (Å²) in [5, 5.41) is 0. The standard InChI is InChI=1S/C31H40N2O/c1-16(2)26-14-24(13-25-15-34-25)27(17(3)4)29(23-11-20(7)31(33)21(8)12-23)28(26)22-9-18(5)30(32)19(6)10-22/h9-12,14,16-17,25H,13,15,32-33H2,1-8H3. The van der Waals surface area contributed by atoms with Crippen LogP contribution in [-0.4, -0.2) is 12.7 Å². The number of ether oxygens (including phenoxy) is 1. The lowest BCUT2D eigenvalue weighted by atomic mass is 9.76. The Balaban J connectivity index is 2.17. The minimum absolute atomic E-state index is 0.340. The first-order valence-corrected chi connectivity index (χ1v) is 12.5. The van der Waals surface area contributed by atoms with Crippen LogP contribution in [0.4, 0.5) is 11.4 Å². The maximum absolute atomic E-state index is 6.38. The maximum atomic E-state index is 6.38. The number of anilines is 2. The molecule has 4 rings (SSSR count). The highest BCUT2D eigenvalue weighted by Crippen LogP contribution is 2.47. The highest BCUT2D eigenvalue weighted by atomic mass is 16.6. The molecule has 34 heavy (non-hydrogen) atoms. The fourth-order valence-corrected chi connectivity index (χ4v) is 5.34. The first-order valence-electron chi connectivity index (χ1n) is 12.5. The number of nitrogen functional groups attached to an aromatic ring is 2. The topological polar surface area (TPSA) is 64.6 Å². The van der Waals surface area contributed by atoms with Crippen LogP contribution >= 0.6 is 0 Å². The summed E-state index contributed by atoms with van der Waals surface area (Å²) in [6, 6.07) is 11.5. The van der Waals surface area contributed by atoms with E-state index in [1.807, 2.05) is 0 Å². The van der Waals surface area contributed by atoms with Gasteiger partial charge in [0.2, 0.25) is 0 Å². The van der Waals surface area contributed by atoms with E-state index < -0.39 is 0 Å². The second-order valence-electron chi connectivity index (χ2n) is 10.8. The van der Waals surface area contributed by atoms with Gasteiger partial charge in [-0.25, -0.2) is 0 Å². The number of aryl methyl sites for hydroxylation is 4. The number of rotatable bonds is 6. The largest absolute Gasteiger partial charge is 0.398 e. The molecular formula is C31H40N2O. The van der Waals surface area contributed by atoms with Crippen LogP contribution in [0.15, 0.2) is 30.3 Å². The van der Waals surface area contributed by atoms with Gasteiger partial charge in [-0.15, -0.1) is 0 Å². The van der Waals surface area contributed by atoms with Gasteiger partial charge in [-0.05, 0) is 125 Å². The van der Waals surface area contributed by atoms with Crippen molar-refractivity contribution in [3.63, 3.8) is 0 Å². The molecule has 3 aromatic rings. The van der Waals surface area contributed by atoms with Crippen molar-refractivity contribution in [2.24, 2.45) is 0 Å². The van der Waals surface area contributed by atoms with Crippen molar-refractivity contribution >= 4 is 11.4 Å². The third kappa shape index (κ3) is 4.46. The fourth-order valence-electron chi connectivity index (χ4n) is 5.34. The van der Waals surface area contributed by atoms with Crippen LogP contribution in [0.1, 0.15) is 78.5 Å². The Kier molecular flexibility index (Phi) is 6.52. The molecule has 1 saturated heterocycles. The normalized spacial score (nSPS) is 15.4. The molecule has 0 amide bonds. The van der Waals surface area contributed by atoms with Gasteiger partial charge in [0.15, 0.2) is 0 Å². The fraction of sp³-hybridized carbons (Fsp3) is 0.419. The van der Waals surface area contributed by atoms with Crippen LogP contribution < -0.4 is 11.5 Å². The number of hydrogen-bond donors (Lipinski definition) is 2. The van der Waals surface area contributed by atoms with Gasteiger partial charge in [0, 0.05) is 17.8 Å². The SMILES string of the molecule is Cc1cc(-c2c(C(C)C)cc(CC3CO3)c(C(C)C)c2-c2cc(C)c(N)c(C)c2)cc(C)c1N. The Labute approximate surface area is 205 Å². The number of benzene rings is 3. The number of hydrogen-bond acceptors (Lipinski definition) is 3. The van der Waals surface area contributed by atoms with E-state index in [1.165, 1.54) is 38.9 Å². The monoisotopic (exact) mass is 456 g/mol. The Hall–Kier alpha value is -2.78. The minimum Gasteiger partial charge on any atom is -0.398 e. The molecule has 3 aromatic carbocycles. The summed E-state index contributed by atoms with van der Waals surface area (Å²) in [4.78, 5) is 0. The van der Waals surface area contributed by atoms with E-state index in [-0.39, 0.29) is 0 Å². The van der Waals surface area contributed by atoms with Crippen molar-refractivity contribution in [2.75, 3.05) is 18.1 Å². The lowest BCUT2D eigenvalue weighted by Gasteiger charge is -2.28. The molecule has 0 bridgehead atoms.